The fraction of sp³-hybridized carbons (Fsp3) is 0.241. The van der Waals surface area contributed by atoms with Gasteiger partial charge in [0.15, 0.2) is 0 Å². The molecule has 7 heteroatoms. The molecule has 4 aromatic rings. The van der Waals surface area contributed by atoms with Gasteiger partial charge in [0, 0.05) is 22.7 Å². The molecule has 0 radical (unpaired) electrons. The Morgan fingerprint density at radius 2 is 1.92 bits per heavy atom. The number of halogens is 1. The summed E-state index contributed by atoms with van der Waals surface area (Å²) in [6.07, 6.45) is 2.02. The van der Waals surface area contributed by atoms with Crippen molar-refractivity contribution in [3.05, 3.63) is 99.7 Å². The summed E-state index contributed by atoms with van der Waals surface area (Å²) in [4.78, 5) is 15.5. The summed E-state index contributed by atoms with van der Waals surface area (Å²) < 4.78 is 5.98. The van der Waals surface area contributed by atoms with Gasteiger partial charge in [-0.15, -0.1) is 0 Å². The number of aromatic nitrogens is 2. The molecule has 1 aliphatic heterocycles. The van der Waals surface area contributed by atoms with Crippen molar-refractivity contribution in [2.45, 2.75) is 39.3 Å². The number of aryl methyl sites for hydroxylation is 1. The third-order valence-electron chi connectivity index (χ3n) is 6.49. The van der Waals surface area contributed by atoms with Crippen LogP contribution in [0.1, 0.15) is 58.5 Å². The third-order valence-corrected chi connectivity index (χ3v) is 6.73. The van der Waals surface area contributed by atoms with E-state index in [1.807, 2.05) is 60.4 Å². The fourth-order valence-electron chi connectivity index (χ4n) is 4.61. The SMILES string of the molecule is CCCCOc1cccc(C2c3c(-c4cc(Cl)ccc4O)n[nH]c3C(=O)N2Cc2ccc(C)cc2)c1. The number of carbonyl (C=O) groups is 1. The van der Waals surface area contributed by atoms with Crippen LogP contribution >= 0.6 is 11.6 Å². The molecule has 5 rings (SSSR count). The molecular formula is C29H28ClN3O3. The minimum absolute atomic E-state index is 0.0496. The van der Waals surface area contributed by atoms with Crippen LogP contribution in [0.3, 0.4) is 0 Å². The Morgan fingerprint density at radius 1 is 1.11 bits per heavy atom. The zero-order valence-electron chi connectivity index (χ0n) is 20.3. The Labute approximate surface area is 215 Å². The smallest absolute Gasteiger partial charge is 0.273 e. The van der Waals surface area contributed by atoms with Gasteiger partial charge in [-0.25, -0.2) is 0 Å². The van der Waals surface area contributed by atoms with Crippen LogP contribution in [-0.4, -0.2) is 32.7 Å². The van der Waals surface area contributed by atoms with Gasteiger partial charge in [-0.2, -0.15) is 5.10 Å². The van der Waals surface area contributed by atoms with Crippen molar-refractivity contribution >= 4 is 17.5 Å². The van der Waals surface area contributed by atoms with Gasteiger partial charge in [-0.05, 0) is 54.8 Å². The van der Waals surface area contributed by atoms with Crippen molar-refractivity contribution in [3.8, 4) is 22.8 Å². The van der Waals surface area contributed by atoms with E-state index in [1.165, 1.54) is 6.07 Å². The first-order chi connectivity index (χ1) is 17.5. The van der Waals surface area contributed by atoms with E-state index >= 15 is 0 Å². The van der Waals surface area contributed by atoms with Crippen molar-refractivity contribution in [2.75, 3.05) is 6.61 Å². The number of aromatic amines is 1. The number of fused-ring (bicyclic) bond motifs is 1. The van der Waals surface area contributed by atoms with Crippen molar-refractivity contribution in [1.82, 2.24) is 15.1 Å². The summed E-state index contributed by atoms with van der Waals surface area (Å²) in [7, 11) is 0. The van der Waals surface area contributed by atoms with E-state index in [1.54, 1.807) is 12.1 Å². The first kappa shape index (κ1) is 23.9. The van der Waals surface area contributed by atoms with Gasteiger partial charge in [0.25, 0.3) is 5.91 Å². The number of rotatable bonds is 8. The Hall–Kier alpha value is -3.77. The molecule has 1 amide bonds. The van der Waals surface area contributed by atoms with Gasteiger partial charge in [0.1, 0.15) is 22.9 Å². The third kappa shape index (κ3) is 4.56. The summed E-state index contributed by atoms with van der Waals surface area (Å²) in [5.74, 6) is 0.662. The van der Waals surface area contributed by atoms with Gasteiger partial charge >= 0.3 is 0 Å². The van der Waals surface area contributed by atoms with Crippen molar-refractivity contribution < 1.29 is 14.6 Å². The number of aromatic hydroxyl groups is 1. The number of nitrogens with zero attached hydrogens (tertiary/aromatic N) is 2. The van der Waals surface area contributed by atoms with Crippen molar-refractivity contribution in [1.29, 1.82) is 0 Å². The molecule has 2 heterocycles. The van der Waals surface area contributed by atoms with Crippen LogP contribution in [0.2, 0.25) is 5.02 Å². The molecule has 0 aliphatic carbocycles. The second-order valence-electron chi connectivity index (χ2n) is 9.12. The van der Waals surface area contributed by atoms with Gasteiger partial charge in [-0.1, -0.05) is 66.9 Å². The second kappa shape index (κ2) is 10.1. The molecule has 1 aliphatic rings. The van der Waals surface area contributed by atoms with Crippen LogP contribution < -0.4 is 4.74 Å². The minimum atomic E-state index is -0.421. The summed E-state index contributed by atoms with van der Waals surface area (Å²) >= 11 is 6.25. The molecule has 0 bridgehead atoms. The van der Waals surface area contributed by atoms with E-state index < -0.39 is 6.04 Å². The topological polar surface area (TPSA) is 78.5 Å². The maximum absolute atomic E-state index is 13.7. The van der Waals surface area contributed by atoms with E-state index in [0.717, 1.165) is 40.8 Å². The highest BCUT2D eigenvalue weighted by Crippen LogP contribution is 2.46. The zero-order chi connectivity index (χ0) is 25.2. The van der Waals surface area contributed by atoms with Crippen molar-refractivity contribution in [3.63, 3.8) is 0 Å². The molecular weight excluding hydrogens is 474 g/mol. The molecule has 1 unspecified atom stereocenters. The predicted octanol–water partition coefficient (Wildman–Crippen LogP) is 6.67. The maximum atomic E-state index is 13.7. The molecule has 6 nitrogen and oxygen atoms in total. The Kier molecular flexibility index (Phi) is 6.70. The quantitative estimate of drug-likeness (QED) is 0.264. The summed E-state index contributed by atoms with van der Waals surface area (Å²) in [5.41, 5.74) is 5.21. The van der Waals surface area contributed by atoms with E-state index in [-0.39, 0.29) is 11.7 Å². The average molecular weight is 502 g/mol. The van der Waals surface area contributed by atoms with E-state index in [2.05, 4.69) is 17.1 Å². The van der Waals surface area contributed by atoms with E-state index in [0.29, 0.717) is 35.1 Å². The number of amides is 1. The molecule has 184 valence electrons. The van der Waals surface area contributed by atoms with Gasteiger partial charge < -0.3 is 14.7 Å². The van der Waals surface area contributed by atoms with E-state index in [4.69, 9.17) is 16.3 Å². The normalized spacial score (nSPS) is 14.8. The molecule has 0 fully saturated rings. The number of phenolic OH excluding ortho intramolecular Hbond substituents is 1. The van der Waals surface area contributed by atoms with Crippen LogP contribution in [-0.2, 0) is 6.54 Å². The molecule has 1 aromatic heterocycles. The number of carbonyl (C=O) groups excluding carboxylic acids is 1. The number of ether oxygens (including phenoxy) is 1. The highest BCUT2D eigenvalue weighted by Gasteiger charge is 2.42. The zero-order valence-corrected chi connectivity index (χ0v) is 21.0. The van der Waals surface area contributed by atoms with Crippen LogP contribution in [0.15, 0.2) is 66.7 Å². The van der Waals surface area contributed by atoms with Crippen molar-refractivity contribution in [2.24, 2.45) is 0 Å². The van der Waals surface area contributed by atoms with E-state index in [9.17, 15) is 9.90 Å². The van der Waals surface area contributed by atoms with Crippen LogP contribution in [0.5, 0.6) is 11.5 Å². The minimum Gasteiger partial charge on any atom is -0.507 e. The van der Waals surface area contributed by atoms with Gasteiger partial charge in [-0.3, -0.25) is 9.89 Å². The first-order valence-electron chi connectivity index (χ1n) is 12.1. The summed E-state index contributed by atoms with van der Waals surface area (Å²) in [6, 6.07) is 20.4. The second-order valence-corrected chi connectivity index (χ2v) is 9.55. The lowest BCUT2D eigenvalue weighted by Crippen LogP contribution is -2.29. The highest BCUT2D eigenvalue weighted by atomic mass is 35.5. The lowest BCUT2D eigenvalue weighted by molar-refractivity contribution is 0.0730. The van der Waals surface area contributed by atoms with Crippen LogP contribution in [0.4, 0.5) is 0 Å². The lowest BCUT2D eigenvalue weighted by atomic mass is 9.95. The molecule has 0 spiro atoms. The number of benzene rings is 3. The standard InChI is InChI=1S/C29H28ClN3O3/c1-3-4-14-36-22-7-5-6-20(15-22)28-25-26(23-16-21(30)12-13-24(23)34)31-32-27(25)29(35)33(28)17-19-10-8-18(2)9-11-19/h5-13,15-16,28,34H,3-4,14,17H2,1-2H3,(H,31,32). The predicted molar refractivity (Wildman–Crippen MR) is 140 cm³/mol. The molecule has 36 heavy (non-hydrogen) atoms. The monoisotopic (exact) mass is 501 g/mol. The highest BCUT2D eigenvalue weighted by molar-refractivity contribution is 6.31. The molecule has 0 saturated carbocycles. The number of nitrogens with one attached hydrogen (secondary N) is 1. The first-order valence-corrected chi connectivity index (χ1v) is 12.5. The van der Waals surface area contributed by atoms with Crippen LogP contribution in [0, 0.1) is 6.92 Å². The summed E-state index contributed by atoms with van der Waals surface area (Å²) in [6.45, 7) is 5.22. The average Bonchev–Trinajstić information content (AvgIpc) is 3.41. The largest absolute Gasteiger partial charge is 0.507 e. The van der Waals surface area contributed by atoms with Crippen LogP contribution in [0.25, 0.3) is 11.3 Å². The summed E-state index contributed by atoms with van der Waals surface area (Å²) in [5, 5.41) is 18.5. The Morgan fingerprint density at radius 3 is 2.69 bits per heavy atom. The molecule has 3 aromatic carbocycles. The fourth-order valence-corrected chi connectivity index (χ4v) is 4.78. The number of hydrogen-bond donors (Lipinski definition) is 2. The molecule has 0 saturated heterocycles. The Balaban J connectivity index is 1.61. The molecule has 2 N–H and O–H groups in total. The molecule has 1 atom stereocenters. The maximum Gasteiger partial charge on any atom is 0.273 e. The number of unbranched alkanes of at least 4 members (excludes halogenated alkanes) is 1. The number of hydrogen-bond acceptors (Lipinski definition) is 4. The van der Waals surface area contributed by atoms with Gasteiger partial charge in [0.2, 0.25) is 0 Å². The van der Waals surface area contributed by atoms with Gasteiger partial charge in [0.05, 0.1) is 12.6 Å². The lowest BCUT2D eigenvalue weighted by Gasteiger charge is -2.27. The Bertz CT molecular complexity index is 1400. The number of phenols is 1. The number of H-pyrrole nitrogens is 1.